The Balaban J connectivity index is 1.43. The molecule has 6 nitrogen and oxygen atoms in total. The summed E-state index contributed by atoms with van der Waals surface area (Å²) in [5.74, 6) is -0.363. The highest BCUT2D eigenvalue weighted by molar-refractivity contribution is 7.92. The summed E-state index contributed by atoms with van der Waals surface area (Å²) in [6.45, 7) is 2.11. The number of halogens is 1. The highest BCUT2D eigenvalue weighted by Crippen LogP contribution is 2.26. The van der Waals surface area contributed by atoms with Gasteiger partial charge in [-0.25, -0.2) is 8.42 Å². The SMILES string of the molecule is O=C(Nc1ccc(N2CCCCC2)cc1)c1ccc(NS(=O)(=O)c2ccccc2)cc1Cl. The van der Waals surface area contributed by atoms with Gasteiger partial charge < -0.3 is 10.2 Å². The minimum absolute atomic E-state index is 0.144. The molecule has 2 N–H and O–H groups in total. The van der Waals surface area contributed by atoms with Crippen LogP contribution in [0.1, 0.15) is 29.6 Å². The molecular formula is C24H24ClN3O3S. The Morgan fingerprint density at radius 2 is 1.50 bits per heavy atom. The van der Waals surface area contributed by atoms with Crippen LogP contribution < -0.4 is 14.9 Å². The van der Waals surface area contributed by atoms with Crippen LogP contribution in [-0.2, 0) is 10.0 Å². The third-order valence-corrected chi connectivity index (χ3v) is 7.08. The van der Waals surface area contributed by atoms with Crippen molar-refractivity contribution in [3.8, 4) is 0 Å². The third-order valence-electron chi connectivity index (χ3n) is 5.37. The van der Waals surface area contributed by atoms with Gasteiger partial charge in [0.05, 0.1) is 21.2 Å². The lowest BCUT2D eigenvalue weighted by atomic mass is 10.1. The second kappa shape index (κ2) is 9.63. The topological polar surface area (TPSA) is 78.5 Å². The van der Waals surface area contributed by atoms with Gasteiger partial charge in [0.2, 0.25) is 0 Å². The van der Waals surface area contributed by atoms with E-state index in [1.165, 1.54) is 49.6 Å². The summed E-state index contributed by atoms with van der Waals surface area (Å²) in [4.78, 5) is 15.2. The van der Waals surface area contributed by atoms with Crippen molar-refractivity contribution in [2.24, 2.45) is 0 Å². The van der Waals surface area contributed by atoms with Crippen LogP contribution in [0, 0.1) is 0 Å². The predicted molar refractivity (Wildman–Crippen MR) is 129 cm³/mol. The van der Waals surface area contributed by atoms with E-state index in [9.17, 15) is 13.2 Å². The minimum atomic E-state index is -3.74. The zero-order valence-electron chi connectivity index (χ0n) is 17.4. The van der Waals surface area contributed by atoms with Crippen LogP contribution in [0.25, 0.3) is 0 Å². The van der Waals surface area contributed by atoms with E-state index in [2.05, 4.69) is 14.9 Å². The number of nitrogens with zero attached hydrogens (tertiary/aromatic N) is 1. The Morgan fingerprint density at radius 3 is 2.16 bits per heavy atom. The molecule has 166 valence electrons. The second-order valence-electron chi connectivity index (χ2n) is 7.66. The fraction of sp³-hybridized carbons (Fsp3) is 0.208. The Kier molecular flexibility index (Phi) is 6.67. The molecule has 1 aliphatic rings. The van der Waals surface area contributed by atoms with E-state index in [1.54, 1.807) is 18.2 Å². The van der Waals surface area contributed by atoms with Gasteiger partial charge in [-0.1, -0.05) is 29.8 Å². The number of nitrogens with one attached hydrogen (secondary N) is 2. The van der Waals surface area contributed by atoms with E-state index < -0.39 is 10.0 Å². The van der Waals surface area contributed by atoms with Gasteiger partial charge in [-0.05, 0) is 73.9 Å². The summed E-state index contributed by atoms with van der Waals surface area (Å²) in [5, 5.41) is 3.00. The zero-order chi connectivity index (χ0) is 22.6. The Hall–Kier alpha value is -3.03. The number of amides is 1. The summed E-state index contributed by atoms with van der Waals surface area (Å²) in [6, 6.07) is 20.2. The normalized spacial score (nSPS) is 14.1. The lowest BCUT2D eigenvalue weighted by Crippen LogP contribution is -2.29. The number of hydrogen-bond donors (Lipinski definition) is 2. The van der Waals surface area contributed by atoms with Crippen LogP contribution in [0.3, 0.4) is 0 Å². The standard InChI is InChI=1S/C24H24ClN3O3S/c25-23-17-19(27-32(30,31)21-7-3-1-4-8-21)11-14-22(23)24(29)26-18-9-12-20(13-10-18)28-15-5-2-6-16-28/h1,3-4,7-14,17,27H,2,5-6,15-16H2,(H,26,29). The number of hydrogen-bond acceptors (Lipinski definition) is 4. The van der Waals surface area contributed by atoms with Gasteiger partial charge in [0.1, 0.15) is 0 Å². The van der Waals surface area contributed by atoms with E-state index >= 15 is 0 Å². The van der Waals surface area contributed by atoms with Gasteiger partial charge >= 0.3 is 0 Å². The van der Waals surface area contributed by atoms with Crippen LogP contribution >= 0.6 is 11.6 Å². The third kappa shape index (κ3) is 5.23. The molecule has 0 saturated carbocycles. The summed E-state index contributed by atoms with van der Waals surface area (Å²) in [6.07, 6.45) is 3.68. The molecule has 8 heteroatoms. The van der Waals surface area contributed by atoms with Crippen LogP contribution in [0.5, 0.6) is 0 Å². The minimum Gasteiger partial charge on any atom is -0.372 e. The number of carbonyl (C=O) groups excluding carboxylic acids is 1. The zero-order valence-corrected chi connectivity index (χ0v) is 19.0. The molecule has 3 aromatic carbocycles. The Bertz CT molecular complexity index is 1190. The van der Waals surface area contributed by atoms with Crippen molar-refractivity contribution in [1.82, 2.24) is 0 Å². The molecule has 3 aromatic rings. The van der Waals surface area contributed by atoms with Gasteiger partial charge in [0.25, 0.3) is 15.9 Å². The quantitative estimate of drug-likeness (QED) is 0.507. The fourth-order valence-electron chi connectivity index (χ4n) is 3.68. The van der Waals surface area contributed by atoms with Gasteiger partial charge in [0, 0.05) is 24.5 Å². The number of sulfonamides is 1. The van der Waals surface area contributed by atoms with Crippen molar-refractivity contribution in [3.63, 3.8) is 0 Å². The van der Waals surface area contributed by atoms with Crippen molar-refractivity contribution >= 4 is 44.6 Å². The van der Waals surface area contributed by atoms with Gasteiger partial charge in [-0.2, -0.15) is 0 Å². The average molecular weight is 470 g/mol. The number of benzene rings is 3. The predicted octanol–water partition coefficient (Wildman–Crippen LogP) is 5.38. The van der Waals surface area contributed by atoms with Crippen LogP contribution in [0.4, 0.5) is 17.1 Å². The van der Waals surface area contributed by atoms with Crippen molar-refractivity contribution in [2.45, 2.75) is 24.2 Å². The van der Waals surface area contributed by atoms with Crippen molar-refractivity contribution in [1.29, 1.82) is 0 Å². The summed E-state index contributed by atoms with van der Waals surface area (Å²) < 4.78 is 27.4. The lowest BCUT2D eigenvalue weighted by molar-refractivity contribution is 0.102. The molecule has 32 heavy (non-hydrogen) atoms. The maximum atomic E-state index is 12.7. The molecule has 0 aromatic heterocycles. The summed E-state index contributed by atoms with van der Waals surface area (Å²) >= 11 is 6.29. The van der Waals surface area contributed by atoms with E-state index in [-0.39, 0.29) is 27.1 Å². The first-order valence-electron chi connectivity index (χ1n) is 10.5. The maximum Gasteiger partial charge on any atom is 0.261 e. The van der Waals surface area contributed by atoms with E-state index in [0.29, 0.717) is 5.69 Å². The molecule has 0 bridgehead atoms. The Labute approximate surface area is 193 Å². The highest BCUT2D eigenvalue weighted by atomic mass is 35.5. The molecule has 1 fully saturated rings. The molecule has 1 saturated heterocycles. The molecule has 0 spiro atoms. The van der Waals surface area contributed by atoms with Gasteiger partial charge in [-0.15, -0.1) is 0 Å². The maximum absolute atomic E-state index is 12.7. The monoisotopic (exact) mass is 469 g/mol. The smallest absolute Gasteiger partial charge is 0.261 e. The molecule has 4 rings (SSSR count). The molecule has 0 aliphatic carbocycles. The molecule has 1 heterocycles. The fourth-order valence-corrected chi connectivity index (χ4v) is 5.02. The number of anilines is 3. The van der Waals surface area contributed by atoms with Gasteiger partial charge in [0.15, 0.2) is 0 Å². The number of carbonyl (C=O) groups is 1. The second-order valence-corrected chi connectivity index (χ2v) is 9.75. The first kappa shape index (κ1) is 22.2. The molecule has 0 atom stereocenters. The largest absolute Gasteiger partial charge is 0.372 e. The van der Waals surface area contributed by atoms with Crippen LogP contribution in [-0.4, -0.2) is 27.4 Å². The Morgan fingerprint density at radius 1 is 0.844 bits per heavy atom. The molecular weight excluding hydrogens is 446 g/mol. The lowest BCUT2D eigenvalue weighted by Gasteiger charge is -2.28. The first-order chi connectivity index (χ1) is 15.4. The summed E-state index contributed by atoms with van der Waals surface area (Å²) in [7, 11) is -3.74. The van der Waals surface area contributed by atoms with Crippen LogP contribution in [0.15, 0.2) is 77.7 Å². The molecule has 0 unspecified atom stereocenters. The first-order valence-corrected chi connectivity index (χ1v) is 12.3. The average Bonchev–Trinajstić information content (AvgIpc) is 2.80. The van der Waals surface area contributed by atoms with Crippen molar-refractivity contribution in [2.75, 3.05) is 28.0 Å². The molecule has 1 amide bonds. The molecule has 0 radical (unpaired) electrons. The molecule has 1 aliphatic heterocycles. The summed E-state index contributed by atoms with van der Waals surface area (Å²) in [5.41, 5.74) is 2.35. The number of piperidine rings is 1. The highest BCUT2D eigenvalue weighted by Gasteiger charge is 2.17. The van der Waals surface area contributed by atoms with Crippen molar-refractivity contribution < 1.29 is 13.2 Å². The van der Waals surface area contributed by atoms with E-state index in [1.807, 2.05) is 24.3 Å². The van der Waals surface area contributed by atoms with Crippen molar-refractivity contribution in [3.05, 3.63) is 83.4 Å². The van der Waals surface area contributed by atoms with E-state index in [0.717, 1.165) is 18.8 Å². The van der Waals surface area contributed by atoms with Crippen LogP contribution in [0.2, 0.25) is 5.02 Å². The number of rotatable bonds is 6. The van der Waals surface area contributed by atoms with Gasteiger partial charge in [-0.3, -0.25) is 9.52 Å². The van der Waals surface area contributed by atoms with E-state index in [4.69, 9.17) is 11.6 Å².